The van der Waals surface area contributed by atoms with E-state index in [-0.39, 0.29) is 18.8 Å². The molecule has 0 aliphatic heterocycles. The van der Waals surface area contributed by atoms with Crippen LogP contribution in [0.25, 0.3) is 0 Å². The van der Waals surface area contributed by atoms with Gasteiger partial charge in [0.25, 0.3) is 0 Å². The minimum atomic E-state index is -1.08. The van der Waals surface area contributed by atoms with Crippen molar-refractivity contribution in [1.82, 2.24) is 0 Å². The molecule has 3 N–H and O–H groups in total. The Morgan fingerprint density at radius 3 is 1.87 bits per heavy atom. The maximum absolute atomic E-state index is 10.5. The minimum absolute atomic E-state index is 0.208. The van der Waals surface area contributed by atoms with Crippen LogP contribution in [0.2, 0.25) is 0 Å². The van der Waals surface area contributed by atoms with E-state index in [1.165, 1.54) is 12.4 Å². The summed E-state index contributed by atoms with van der Waals surface area (Å²) in [6.45, 7) is 9.73. The summed E-state index contributed by atoms with van der Waals surface area (Å²) in [5.74, 6) is 0.208. The third kappa shape index (κ3) is 2.53. The smallest absolute Gasteiger partial charge is 0.0835 e. The van der Waals surface area contributed by atoms with Crippen molar-refractivity contribution >= 4 is 12.4 Å². The molecule has 0 aliphatic carbocycles. The van der Waals surface area contributed by atoms with Crippen LogP contribution in [0.3, 0.4) is 0 Å². The average molecular weight is 210 g/mol. The fourth-order valence-electron chi connectivity index (χ4n) is 1.82. The van der Waals surface area contributed by atoms with E-state index in [0.717, 1.165) is 0 Å². The van der Waals surface area contributed by atoms with Crippen molar-refractivity contribution in [2.24, 2.45) is 11.3 Å². The second-order valence-corrected chi connectivity index (χ2v) is 4.49. The lowest BCUT2D eigenvalue weighted by atomic mass is 9.64. The van der Waals surface area contributed by atoms with Crippen molar-refractivity contribution < 1.29 is 5.11 Å². The molecule has 0 amide bonds. The van der Waals surface area contributed by atoms with E-state index in [2.05, 4.69) is 6.58 Å². The van der Waals surface area contributed by atoms with Gasteiger partial charge in [0.15, 0.2) is 0 Å². The second kappa shape index (κ2) is 5.21. The summed E-state index contributed by atoms with van der Waals surface area (Å²) in [6, 6.07) is 0. The van der Waals surface area contributed by atoms with Gasteiger partial charge < -0.3 is 15.9 Å². The molecule has 0 aromatic rings. The molecular weight excluding hydrogens is 188 g/mol. The highest BCUT2D eigenvalue weighted by molar-refractivity contribution is 5.60. The van der Waals surface area contributed by atoms with Crippen LogP contribution in [0.4, 0.5) is 0 Å². The Kier molecular flexibility index (Phi) is 4.88. The zero-order chi connectivity index (χ0) is 12.1. The number of hydrogen-bond acceptors (Lipinski definition) is 3. The molecular formula is C12H22N2O. The molecule has 0 rings (SSSR count). The van der Waals surface area contributed by atoms with Crippen molar-refractivity contribution in [1.29, 1.82) is 10.8 Å². The van der Waals surface area contributed by atoms with Crippen LogP contribution in [-0.2, 0) is 0 Å². The Bertz CT molecular complexity index is 238. The van der Waals surface area contributed by atoms with Crippen LogP contribution in [0.5, 0.6) is 0 Å². The van der Waals surface area contributed by atoms with Gasteiger partial charge in [0.05, 0.1) is 5.60 Å². The second-order valence-electron chi connectivity index (χ2n) is 4.49. The molecule has 3 heteroatoms. The average Bonchev–Trinajstić information content (AvgIpc) is 2.16. The van der Waals surface area contributed by atoms with Gasteiger partial charge in [-0.05, 0) is 18.3 Å². The van der Waals surface area contributed by atoms with Gasteiger partial charge in [-0.2, -0.15) is 0 Å². The molecule has 0 radical (unpaired) electrons. The highest BCUT2D eigenvalue weighted by Gasteiger charge is 2.45. The number of aliphatic hydroxyl groups is 1. The van der Waals surface area contributed by atoms with Gasteiger partial charge in [0, 0.05) is 18.3 Å². The van der Waals surface area contributed by atoms with Crippen LogP contribution < -0.4 is 0 Å². The molecule has 15 heavy (non-hydrogen) atoms. The maximum Gasteiger partial charge on any atom is 0.0835 e. The van der Waals surface area contributed by atoms with Crippen molar-refractivity contribution in [3.63, 3.8) is 0 Å². The van der Waals surface area contributed by atoms with E-state index in [9.17, 15) is 5.11 Å². The Hall–Kier alpha value is -0.960. The molecule has 0 heterocycles. The standard InChI is InChI=1S/C12H22N2O/c1-5-11(4,10(2)3)12(15,6-8-13)7-9-14/h5,8-10,13-15H,1,6-7H2,2-4H3/t11-,12?/m0/s1. The molecule has 0 aromatic heterocycles. The van der Waals surface area contributed by atoms with E-state index in [1.807, 2.05) is 20.8 Å². The van der Waals surface area contributed by atoms with Crippen molar-refractivity contribution in [3.8, 4) is 0 Å². The van der Waals surface area contributed by atoms with Gasteiger partial charge in [0.2, 0.25) is 0 Å². The molecule has 0 aromatic carbocycles. The van der Waals surface area contributed by atoms with Gasteiger partial charge in [-0.25, -0.2) is 0 Å². The lowest BCUT2D eigenvalue weighted by Gasteiger charge is -2.45. The van der Waals surface area contributed by atoms with Crippen LogP contribution in [0.1, 0.15) is 33.6 Å². The van der Waals surface area contributed by atoms with E-state index >= 15 is 0 Å². The zero-order valence-electron chi connectivity index (χ0n) is 9.88. The SMILES string of the molecule is C=C[C@@](C)(C(C)C)C(O)(CC=N)CC=N. The lowest BCUT2D eigenvalue weighted by molar-refractivity contribution is -0.0598. The predicted octanol–water partition coefficient (Wildman–Crippen LogP) is 2.65. The Morgan fingerprint density at radius 2 is 1.67 bits per heavy atom. The van der Waals surface area contributed by atoms with Crippen LogP contribution >= 0.6 is 0 Å². The molecule has 0 aliphatic rings. The van der Waals surface area contributed by atoms with E-state index in [1.54, 1.807) is 6.08 Å². The van der Waals surface area contributed by atoms with Crippen molar-refractivity contribution in [3.05, 3.63) is 12.7 Å². The van der Waals surface area contributed by atoms with E-state index in [0.29, 0.717) is 0 Å². The van der Waals surface area contributed by atoms with Gasteiger partial charge >= 0.3 is 0 Å². The molecule has 1 atom stereocenters. The largest absolute Gasteiger partial charge is 0.388 e. The van der Waals surface area contributed by atoms with E-state index in [4.69, 9.17) is 10.8 Å². The zero-order valence-corrected chi connectivity index (χ0v) is 9.88. The predicted molar refractivity (Wildman–Crippen MR) is 64.9 cm³/mol. The van der Waals surface area contributed by atoms with Crippen LogP contribution in [0.15, 0.2) is 12.7 Å². The Morgan fingerprint density at radius 1 is 1.27 bits per heavy atom. The first-order valence-electron chi connectivity index (χ1n) is 5.21. The first-order chi connectivity index (χ1) is 6.88. The summed E-state index contributed by atoms with van der Waals surface area (Å²) in [7, 11) is 0. The first-order valence-corrected chi connectivity index (χ1v) is 5.21. The normalized spacial score (nSPS) is 19.0. The molecule has 0 bridgehead atoms. The topological polar surface area (TPSA) is 67.9 Å². The highest BCUT2D eigenvalue weighted by atomic mass is 16.3. The van der Waals surface area contributed by atoms with Crippen molar-refractivity contribution in [2.75, 3.05) is 0 Å². The summed E-state index contributed by atoms with van der Waals surface area (Å²) in [6.07, 6.45) is 4.65. The summed E-state index contributed by atoms with van der Waals surface area (Å²) in [5.41, 5.74) is -1.56. The van der Waals surface area contributed by atoms with Crippen LogP contribution in [0, 0.1) is 22.2 Å². The monoisotopic (exact) mass is 210 g/mol. The fraction of sp³-hybridized carbons (Fsp3) is 0.667. The summed E-state index contributed by atoms with van der Waals surface area (Å²) in [5, 5.41) is 24.8. The molecule has 3 nitrogen and oxygen atoms in total. The third-order valence-electron chi connectivity index (χ3n) is 3.51. The highest BCUT2D eigenvalue weighted by Crippen LogP contribution is 2.43. The number of nitrogens with one attached hydrogen (secondary N) is 2. The van der Waals surface area contributed by atoms with Crippen LogP contribution in [-0.4, -0.2) is 23.1 Å². The summed E-state index contributed by atoms with van der Waals surface area (Å²) >= 11 is 0. The summed E-state index contributed by atoms with van der Waals surface area (Å²) < 4.78 is 0. The van der Waals surface area contributed by atoms with Gasteiger partial charge in [-0.3, -0.25) is 0 Å². The Balaban J connectivity index is 5.25. The maximum atomic E-state index is 10.5. The van der Waals surface area contributed by atoms with Gasteiger partial charge in [-0.15, -0.1) is 6.58 Å². The van der Waals surface area contributed by atoms with E-state index < -0.39 is 11.0 Å². The molecule has 0 saturated carbocycles. The minimum Gasteiger partial charge on any atom is -0.388 e. The van der Waals surface area contributed by atoms with Gasteiger partial charge in [0.1, 0.15) is 0 Å². The molecule has 0 unspecified atom stereocenters. The quantitative estimate of drug-likeness (QED) is 0.439. The lowest BCUT2D eigenvalue weighted by Crippen LogP contribution is -2.49. The molecule has 0 saturated heterocycles. The molecule has 86 valence electrons. The summed E-state index contributed by atoms with van der Waals surface area (Å²) in [4.78, 5) is 0. The van der Waals surface area contributed by atoms with Gasteiger partial charge in [-0.1, -0.05) is 26.8 Å². The first kappa shape index (κ1) is 14.0. The molecule has 0 fully saturated rings. The fourth-order valence-corrected chi connectivity index (χ4v) is 1.82. The third-order valence-corrected chi connectivity index (χ3v) is 3.51. The molecule has 0 spiro atoms. The number of rotatable bonds is 7. The number of hydrogen-bond donors (Lipinski definition) is 3. The van der Waals surface area contributed by atoms with Crippen molar-refractivity contribution in [2.45, 2.75) is 39.2 Å². The Labute approximate surface area is 92.2 Å².